The van der Waals surface area contributed by atoms with Crippen molar-refractivity contribution in [1.29, 1.82) is 0 Å². The molecule has 1 aromatic heterocycles. The van der Waals surface area contributed by atoms with Crippen LogP contribution >= 0.6 is 0 Å². The van der Waals surface area contributed by atoms with Crippen molar-refractivity contribution < 1.29 is 4.79 Å². The Balaban J connectivity index is 1.68. The molecule has 4 nitrogen and oxygen atoms in total. The highest BCUT2D eigenvalue weighted by Gasteiger charge is 2.32. The fraction of sp³-hybridized carbons (Fsp3) is 0.263. The van der Waals surface area contributed by atoms with Crippen LogP contribution in [0.3, 0.4) is 0 Å². The molecule has 0 aliphatic carbocycles. The summed E-state index contributed by atoms with van der Waals surface area (Å²) in [4.78, 5) is 15.0. The maximum atomic E-state index is 13.0. The minimum Gasteiger partial charge on any atom is -0.330 e. The van der Waals surface area contributed by atoms with Crippen LogP contribution in [0.25, 0.3) is 10.9 Å². The molecule has 1 N–H and O–H groups in total. The number of aryl methyl sites for hydroxylation is 1. The van der Waals surface area contributed by atoms with Crippen molar-refractivity contribution in [2.24, 2.45) is 0 Å². The maximum Gasteiger partial charge on any atom is 0.275 e. The van der Waals surface area contributed by atoms with Gasteiger partial charge in [0.25, 0.3) is 5.91 Å². The van der Waals surface area contributed by atoms with Gasteiger partial charge in [0.1, 0.15) is 0 Å². The van der Waals surface area contributed by atoms with Crippen molar-refractivity contribution in [3.8, 4) is 0 Å². The SMILES string of the molecule is Cc1ccc([C@@H]2CCCN2C(=O)c2n[nH]c3ccccc23)cc1. The molecule has 116 valence electrons. The van der Waals surface area contributed by atoms with Gasteiger partial charge in [-0.15, -0.1) is 0 Å². The molecular weight excluding hydrogens is 286 g/mol. The molecule has 0 bridgehead atoms. The van der Waals surface area contributed by atoms with E-state index < -0.39 is 0 Å². The van der Waals surface area contributed by atoms with E-state index in [1.807, 2.05) is 29.2 Å². The number of nitrogens with zero attached hydrogens (tertiary/aromatic N) is 2. The Kier molecular flexibility index (Phi) is 3.37. The summed E-state index contributed by atoms with van der Waals surface area (Å²) in [6.45, 7) is 2.87. The summed E-state index contributed by atoms with van der Waals surface area (Å²) in [5.74, 6) is 0.0190. The number of para-hydroxylation sites is 1. The molecule has 1 aliphatic rings. The largest absolute Gasteiger partial charge is 0.330 e. The number of aromatic amines is 1. The summed E-state index contributed by atoms with van der Waals surface area (Å²) >= 11 is 0. The molecule has 1 fully saturated rings. The Hall–Kier alpha value is -2.62. The lowest BCUT2D eigenvalue weighted by atomic mass is 10.0. The van der Waals surface area contributed by atoms with Crippen molar-refractivity contribution in [1.82, 2.24) is 15.1 Å². The van der Waals surface area contributed by atoms with Crippen molar-refractivity contribution in [3.05, 3.63) is 65.4 Å². The second-order valence-electron chi connectivity index (χ2n) is 6.19. The lowest BCUT2D eigenvalue weighted by Gasteiger charge is -2.24. The second kappa shape index (κ2) is 5.54. The van der Waals surface area contributed by atoms with Gasteiger partial charge in [0.2, 0.25) is 0 Å². The van der Waals surface area contributed by atoms with Gasteiger partial charge in [-0.3, -0.25) is 9.89 Å². The number of nitrogens with one attached hydrogen (secondary N) is 1. The second-order valence-corrected chi connectivity index (χ2v) is 6.19. The number of hydrogen-bond acceptors (Lipinski definition) is 2. The monoisotopic (exact) mass is 305 g/mol. The summed E-state index contributed by atoms with van der Waals surface area (Å²) in [6.07, 6.45) is 2.05. The molecule has 1 saturated heterocycles. The van der Waals surface area contributed by atoms with E-state index in [0.717, 1.165) is 30.3 Å². The smallest absolute Gasteiger partial charge is 0.275 e. The zero-order valence-electron chi connectivity index (χ0n) is 13.1. The van der Waals surface area contributed by atoms with Gasteiger partial charge < -0.3 is 4.90 Å². The van der Waals surface area contributed by atoms with E-state index in [1.165, 1.54) is 11.1 Å². The predicted octanol–water partition coefficient (Wildman–Crippen LogP) is 3.85. The minimum absolute atomic E-state index is 0.0190. The van der Waals surface area contributed by atoms with Gasteiger partial charge in [0.15, 0.2) is 5.69 Å². The quantitative estimate of drug-likeness (QED) is 0.782. The standard InChI is InChI=1S/C19H19N3O/c1-13-8-10-14(11-9-13)17-7-4-12-22(17)19(23)18-15-5-2-3-6-16(15)20-21-18/h2-3,5-6,8-11,17H,4,7,12H2,1H3,(H,20,21)/t17-/m0/s1. The van der Waals surface area contributed by atoms with Crippen LogP contribution in [0, 0.1) is 6.92 Å². The first-order chi connectivity index (χ1) is 11.2. The third-order valence-corrected chi connectivity index (χ3v) is 4.65. The molecule has 23 heavy (non-hydrogen) atoms. The van der Waals surface area contributed by atoms with Gasteiger partial charge in [0.05, 0.1) is 11.6 Å². The Labute approximate surface area is 135 Å². The van der Waals surface area contributed by atoms with Crippen LogP contribution in [0.2, 0.25) is 0 Å². The fourth-order valence-electron chi connectivity index (χ4n) is 3.41. The molecule has 1 atom stereocenters. The van der Waals surface area contributed by atoms with E-state index in [0.29, 0.717) is 5.69 Å². The number of aromatic nitrogens is 2. The average Bonchev–Trinajstić information content (AvgIpc) is 3.22. The van der Waals surface area contributed by atoms with Crippen molar-refractivity contribution in [2.45, 2.75) is 25.8 Å². The van der Waals surface area contributed by atoms with Crippen LogP contribution in [-0.2, 0) is 0 Å². The molecule has 2 heterocycles. The maximum absolute atomic E-state index is 13.0. The molecule has 0 saturated carbocycles. The number of likely N-dealkylation sites (tertiary alicyclic amines) is 1. The summed E-state index contributed by atoms with van der Waals surface area (Å²) in [5, 5.41) is 8.12. The first-order valence-corrected chi connectivity index (χ1v) is 8.05. The first kappa shape index (κ1) is 14.0. The average molecular weight is 305 g/mol. The van der Waals surface area contributed by atoms with Gasteiger partial charge >= 0.3 is 0 Å². The molecule has 4 heteroatoms. The third-order valence-electron chi connectivity index (χ3n) is 4.65. The molecule has 0 unspecified atom stereocenters. The number of rotatable bonds is 2. The number of hydrogen-bond donors (Lipinski definition) is 1. The summed E-state index contributed by atoms with van der Waals surface area (Å²) in [5.41, 5.74) is 3.88. The van der Waals surface area contributed by atoms with E-state index in [1.54, 1.807) is 0 Å². The van der Waals surface area contributed by atoms with Gasteiger partial charge in [-0.2, -0.15) is 5.10 Å². The van der Waals surface area contributed by atoms with E-state index >= 15 is 0 Å². The number of benzene rings is 2. The Morgan fingerprint density at radius 1 is 1.17 bits per heavy atom. The molecular formula is C19H19N3O. The molecule has 0 radical (unpaired) electrons. The van der Waals surface area contributed by atoms with E-state index in [4.69, 9.17) is 0 Å². The number of H-pyrrole nitrogens is 1. The highest BCUT2D eigenvalue weighted by atomic mass is 16.2. The van der Waals surface area contributed by atoms with Gasteiger partial charge in [-0.25, -0.2) is 0 Å². The molecule has 3 aromatic rings. The van der Waals surface area contributed by atoms with Crippen molar-refractivity contribution in [2.75, 3.05) is 6.54 Å². The van der Waals surface area contributed by atoms with Crippen LogP contribution in [0.15, 0.2) is 48.5 Å². The first-order valence-electron chi connectivity index (χ1n) is 8.05. The van der Waals surface area contributed by atoms with Crippen molar-refractivity contribution >= 4 is 16.8 Å². The van der Waals surface area contributed by atoms with Gasteiger partial charge in [0, 0.05) is 11.9 Å². The topological polar surface area (TPSA) is 49.0 Å². The van der Waals surface area contributed by atoms with Crippen LogP contribution in [0.4, 0.5) is 0 Å². The molecule has 4 rings (SSSR count). The summed E-state index contributed by atoms with van der Waals surface area (Å²) < 4.78 is 0. The van der Waals surface area contributed by atoms with Crippen LogP contribution in [0.1, 0.15) is 40.5 Å². The fourth-order valence-corrected chi connectivity index (χ4v) is 3.41. The predicted molar refractivity (Wildman–Crippen MR) is 90.3 cm³/mol. The molecule has 0 spiro atoms. The normalized spacial score (nSPS) is 17.8. The van der Waals surface area contributed by atoms with Crippen molar-refractivity contribution in [3.63, 3.8) is 0 Å². The summed E-state index contributed by atoms with van der Waals surface area (Å²) in [6, 6.07) is 16.4. The highest BCUT2D eigenvalue weighted by molar-refractivity contribution is 6.04. The molecule has 1 amide bonds. The summed E-state index contributed by atoms with van der Waals surface area (Å²) in [7, 11) is 0. The highest BCUT2D eigenvalue weighted by Crippen LogP contribution is 2.33. The molecule has 1 aliphatic heterocycles. The lowest BCUT2D eigenvalue weighted by Crippen LogP contribution is -2.31. The Bertz CT molecular complexity index is 850. The third kappa shape index (κ3) is 2.40. The zero-order valence-corrected chi connectivity index (χ0v) is 13.1. The van der Waals surface area contributed by atoms with E-state index in [2.05, 4.69) is 41.4 Å². The number of carbonyl (C=O) groups excluding carboxylic acids is 1. The van der Waals surface area contributed by atoms with E-state index in [9.17, 15) is 4.79 Å². The van der Waals surface area contributed by atoms with Crippen LogP contribution < -0.4 is 0 Å². The van der Waals surface area contributed by atoms with Gasteiger partial charge in [-0.05, 0) is 31.4 Å². The molecule has 2 aromatic carbocycles. The lowest BCUT2D eigenvalue weighted by molar-refractivity contribution is 0.0731. The van der Waals surface area contributed by atoms with Gasteiger partial charge in [-0.1, -0.05) is 48.0 Å². The number of carbonyl (C=O) groups is 1. The van der Waals surface area contributed by atoms with Crippen LogP contribution in [-0.4, -0.2) is 27.5 Å². The minimum atomic E-state index is 0.0190. The van der Waals surface area contributed by atoms with E-state index in [-0.39, 0.29) is 11.9 Å². The zero-order chi connectivity index (χ0) is 15.8. The van der Waals surface area contributed by atoms with Crippen LogP contribution in [0.5, 0.6) is 0 Å². The Morgan fingerprint density at radius 2 is 1.96 bits per heavy atom. The number of fused-ring (bicyclic) bond motifs is 1. The number of amides is 1. The Morgan fingerprint density at radius 3 is 2.78 bits per heavy atom.